The Bertz CT molecular complexity index is 7790. The van der Waals surface area contributed by atoms with Crippen molar-refractivity contribution < 1.29 is 0 Å². The molecule has 8 heterocycles. The summed E-state index contributed by atoms with van der Waals surface area (Å²) in [5, 5.41) is 107. The van der Waals surface area contributed by atoms with Gasteiger partial charge in [0, 0.05) is 198 Å². The van der Waals surface area contributed by atoms with E-state index in [4.69, 9.17) is 60.7 Å². The van der Waals surface area contributed by atoms with E-state index in [1.54, 1.807) is 0 Å². The second-order valence-electron chi connectivity index (χ2n) is 26.1. The topological polar surface area (TPSA) is 206 Å². The summed E-state index contributed by atoms with van der Waals surface area (Å²) < 4.78 is 0. The van der Waals surface area contributed by atoms with Gasteiger partial charge in [-0.3, -0.25) is 19.9 Å². The van der Waals surface area contributed by atoms with E-state index < -0.39 is 0 Å². The average molecular weight is 1110 g/mol. The van der Waals surface area contributed by atoms with Crippen LogP contribution in [0, 0.1) is 27.7 Å². The Balaban J connectivity index is 1.02. The summed E-state index contributed by atoms with van der Waals surface area (Å²) in [6, 6.07) is 14.4. The lowest BCUT2D eigenvalue weighted by atomic mass is 9.71. The molecule has 16 nitrogen and oxygen atoms in total. The number of hydrogen-bond donors (Lipinski definition) is 0. The predicted molar refractivity (Wildman–Crippen MR) is 351 cm³/mol. The molecule has 0 spiro atoms. The molecule has 0 N–H and O–H groups in total. The molecule has 0 fully saturated rings. The molecule has 0 saturated carbocycles. The highest BCUT2D eigenvalue weighted by Gasteiger charge is 2.40. The van der Waals surface area contributed by atoms with E-state index in [1.165, 1.54) is 130 Å². The Morgan fingerprint density at radius 3 is 0.795 bits per heavy atom. The maximum atomic E-state index is 5.84. The van der Waals surface area contributed by atoms with E-state index in [9.17, 15) is 0 Å². The number of fused-ring (bicyclic) bond motifs is 12. The minimum Gasteiger partial charge on any atom is -0.260 e. The summed E-state index contributed by atoms with van der Waals surface area (Å²) in [6.45, 7) is 8.83. The molecule has 28 aromatic rings. The maximum absolute atomic E-state index is 5.84. The number of aromatic nitrogens is 16. The van der Waals surface area contributed by atoms with Crippen LogP contribution in [0.15, 0.2) is 61.2 Å². The van der Waals surface area contributed by atoms with E-state index in [-0.39, 0.29) is 0 Å². The molecule has 0 aliphatic heterocycles. The van der Waals surface area contributed by atoms with Crippen LogP contribution in [0.5, 0.6) is 0 Å². The monoisotopic (exact) mass is 1110 g/mol. The van der Waals surface area contributed by atoms with Gasteiger partial charge in [-0.25, -0.2) is 0 Å². The van der Waals surface area contributed by atoms with Crippen LogP contribution in [-0.2, 0) is 0 Å². The zero-order valence-electron chi connectivity index (χ0n) is 45.9. The minimum absolute atomic E-state index is 0.652. The van der Waals surface area contributed by atoms with Crippen LogP contribution in [0.25, 0.3) is 292 Å². The molecule has 16 heteroatoms. The largest absolute Gasteiger partial charge is 0.260 e. The number of aryl methyl sites for hydroxylation is 4. The van der Waals surface area contributed by atoms with Crippen LogP contribution in [0.1, 0.15) is 22.5 Å². The van der Waals surface area contributed by atoms with Crippen LogP contribution in [0.2, 0.25) is 0 Å². The highest BCUT2D eigenvalue weighted by atomic mass is 15.3. The van der Waals surface area contributed by atoms with Crippen molar-refractivity contribution in [2.75, 3.05) is 0 Å². The number of nitrogens with zero attached hydrogens (tertiary/aromatic N) is 16. The third-order valence-electron chi connectivity index (χ3n) is 23.0. The van der Waals surface area contributed by atoms with Crippen LogP contribution in [-0.4, -0.2) is 81.6 Å². The number of pyridine rings is 4. The van der Waals surface area contributed by atoms with Crippen molar-refractivity contribution in [1.29, 1.82) is 0 Å². The molecule has 0 aliphatic carbocycles. The van der Waals surface area contributed by atoms with Crippen molar-refractivity contribution in [1.82, 2.24) is 81.6 Å². The standard InChI is InChI=1S/C72H22N16/c1-15-5-7-19-21-9-23-37-38-24(64-57-41-27(13-76-64)67-61-55-51(41)47(35(21)43(37)57)45-33(19)29(15)31-17(3)73-11-25-39(31)49(45)53(55)59-65(25)77-85-81-69(59)71(61)83-87-79-67)10-22-20-8-6-16(2)30-32-18(4)74-12-26-40(32)50-46(34(20)30)48-36(22)44(38)58-42-28(14-75-63(23)58)68-62-56(52(42)48)54(50)60-66(26)78-86-82-70(60)72(62)84-88-80-68/h5-14H,1-4H3. The van der Waals surface area contributed by atoms with Gasteiger partial charge in [0.05, 0.1) is 11.0 Å². The van der Waals surface area contributed by atoms with Crippen LogP contribution in [0.4, 0.5) is 0 Å². The van der Waals surface area contributed by atoms with Crippen molar-refractivity contribution in [3.63, 3.8) is 0 Å². The fraction of sp³-hybridized carbons (Fsp3) is 0.0556. The van der Waals surface area contributed by atoms with E-state index in [1.807, 2.05) is 12.4 Å². The van der Waals surface area contributed by atoms with E-state index in [0.29, 0.717) is 22.1 Å². The van der Waals surface area contributed by atoms with Gasteiger partial charge in [0.15, 0.2) is 0 Å². The zero-order valence-corrected chi connectivity index (χ0v) is 45.9. The second-order valence-corrected chi connectivity index (χ2v) is 26.1. The number of rotatable bonds is 0. The SMILES string of the molecule is Cc1ncc2c3nnnc4c5nnnc6c7cnc8c9cc%10c%11ccc(C)c%12c%13c(C)ncc%14c%15nnnc%16c%17nnnc%18c%19cnc%20c%21cc%22c%23ccc(C)c%24c1c2c1c(c34)c(c65)c2c7c8c(c%21c9c3c%10c4c(c%11%12)c(c%14%13)c(c%15%16)c(c%18%17)c4c%19c%203)c%22c2c1c%23%24. The highest BCUT2D eigenvalue weighted by molar-refractivity contribution is 6.67. The lowest BCUT2D eigenvalue weighted by molar-refractivity contribution is 0.904. The fourth-order valence-electron chi connectivity index (χ4n) is 20.4. The molecule has 0 radical (unpaired) electrons. The molecule has 8 aromatic heterocycles. The van der Waals surface area contributed by atoms with E-state index >= 15 is 0 Å². The molecule has 0 atom stereocenters. The Morgan fingerprint density at radius 2 is 0.443 bits per heavy atom. The van der Waals surface area contributed by atoms with Gasteiger partial charge in [0.1, 0.15) is 44.1 Å². The maximum Gasteiger partial charge on any atom is 0.126 e. The molecule has 88 heavy (non-hydrogen) atoms. The normalized spacial score (nSPS) is 14.4. The molecule has 20 aromatic carbocycles. The van der Waals surface area contributed by atoms with Gasteiger partial charge in [0.2, 0.25) is 0 Å². The van der Waals surface area contributed by atoms with Crippen LogP contribution >= 0.6 is 0 Å². The zero-order chi connectivity index (χ0) is 55.9. The summed E-state index contributed by atoms with van der Waals surface area (Å²) in [6.07, 6.45) is 8.18. The van der Waals surface area contributed by atoms with Crippen molar-refractivity contribution in [2.45, 2.75) is 27.7 Å². The summed E-state index contributed by atoms with van der Waals surface area (Å²) in [4.78, 5) is 22.1. The van der Waals surface area contributed by atoms with Gasteiger partial charge < -0.3 is 0 Å². The third-order valence-corrected chi connectivity index (χ3v) is 23.0. The Hall–Kier alpha value is -12.0. The average Bonchev–Trinajstić information content (AvgIpc) is 0.637. The first-order valence-electron chi connectivity index (χ1n) is 29.7. The minimum atomic E-state index is 0.652. The first-order valence-corrected chi connectivity index (χ1v) is 29.7. The Labute approximate surface area is 482 Å². The molecule has 0 aliphatic rings. The molecular formula is C72H22N16. The Kier molecular flexibility index (Phi) is 5.31. The van der Waals surface area contributed by atoms with Gasteiger partial charge in [-0.15, -0.1) is 40.8 Å². The number of benzene rings is 20. The molecular weight excluding hydrogens is 1090 g/mol. The summed E-state index contributed by atoms with van der Waals surface area (Å²) in [7, 11) is 0. The van der Waals surface area contributed by atoms with Gasteiger partial charge in [-0.05, 0) is 147 Å². The molecule has 0 unspecified atom stereocenters. The first kappa shape index (κ1) is 40.3. The van der Waals surface area contributed by atoms with Gasteiger partial charge in [-0.1, -0.05) is 24.3 Å². The van der Waals surface area contributed by atoms with Gasteiger partial charge in [-0.2, -0.15) is 0 Å². The number of hydrogen-bond acceptors (Lipinski definition) is 16. The molecule has 390 valence electrons. The molecule has 0 amide bonds. The van der Waals surface area contributed by atoms with Crippen molar-refractivity contribution in [2.24, 2.45) is 0 Å². The summed E-state index contributed by atoms with van der Waals surface area (Å²) >= 11 is 0. The Morgan fingerprint density at radius 1 is 0.182 bits per heavy atom. The third kappa shape index (κ3) is 3.37. The first-order chi connectivity index (χ1) is 43.4. The molecule has 0 saturated heterocycles. The smallest absolute Gasteiger partial charge is 0.126 e. The fourth-order valence-corrected chi connectivity index (χ4v) is 20.4. The van der Waals surface area contributed by atoms with Crippen LogP contribution < -0.4 is 0 Å². The molecule has 0 bridgehead atoms. The van der Waals surface area contributed by atoms with Crippen LogP contribution in [0.3, 0.4) is 0 Å². The molecule has 28 rings (SSSR count). The summed E-state index contributed by atoms with van der Waals surface area (Å²) in [5.74, 6) is 0. The van der Waals surface area contributed by atoms with Crippen molar-refractivity contribution in [3.8, 4) is 0 Å². The lowest BCUT2D eigenvalue weighted by Crippen LogP contribution is -2.07. The van der Waals surface area contributed by atoms with Crippen molar-refractivity contribution in [3.05, 3.63) is 83.7 Å². The highest BCUT2D eigenvalue weighted by Crippen LogP contribution is 2.66. The second kappa shape index (κ2) is 11.6. The van der Waals surface area contributed by atoms with E-state index in [0.717, 1.165) is 163 Å². The predicted octanol–water partition coefficient (Wildman–Crippen LogP) is 15.9. The lowest BCUT2D eigenvalue weighted by Gasteiger charge is -2.31. The van der Waals surface area contributed by atoms with Gasteiger partial charge in [0.25, 0.3) is 0 Å². The van der Waals surface area contributed by atoms with E-state index in [2.05, 4.69) is 97.3 Å². The van der Waals surface area contributed by atoms with Gasteiger partial charge >= 0.3 is 0 Å². The summed E-state index contributed by atoms with van der Waals surface area (Å²) in [5.41, 5.74) is 11.8. The van der Waals surface area contributed by atoms with Crippen molar-refractivity contribution >= 4 is 292 Å². The quantitative estimate of drug-likeness (QED) is 0.102.